The number of furan rings is 1. The van der Waals surface area contributed by atoms with Crippen LogP contribution in [0.5, 0.6) is 0 Å². The predicted octanol–water partition coefficient (Wildman–Crippen LogP) is 4.13. The summed E-state index contributed by atoms with van der Waals surface area (Å²) in [6, 6.07) is 9.13. The minimum absolute atomic E-state index is 0.0193. The summed E-state index contributed by atoms with van der Waals surface area (Å²) in [6.07, 6.45) is 8.20. The molecule has 3 nitrogen and oxygen atoms in total. The molecule has 142 valence electrons. The summed E-state index contributed by atoms with van der Waals surface area (Å²) in [6.45, 7) is 3.73. The van der Waals surface area contributed by atoms with Gasteiger partial charge in [-0.2, -0.15) is 0 Å². The van der Waals surface area contributed by atoms with Crippen molar-refractivity contribution in [2.75, 3.05) is 26.2 Å². The summed E-state index contributed by atoms with van der Waals surface area (Å²) in [4.78, 5) is 4.98. The van der Waals surface area contributed by atoms with E-state index in [4.69, 9.17) is 4.42 Å². The van der Waals surface area contributed by atoms with Crippen LogP contribution in [0.1, 0.15) is 30.1 Å². The lowest BCUT2D eigenvalue weighted by Crippen LogP contribution is -2.60. The molecular formula is C22H24F2N2O. The summed E-state index contributed by atoms with van der Waals surface area (Å²) in [7, 11) is 0. The SMILES string of the molecule is Fc1cccc([C@@H]2CN(C/C=C/c3ccco3)[C@@H]3C4CCN(CC4)[C@@H]32)c1F. The molecule has 4 aliphatic heterocycles. The van der Waals surface area contributed by atoms with Crippen molar-refractivity contribution in [3.8, 4) is 0 Å². The van der Waals surface area contributed by atoms with Gasteiger partial charge in [0, 0.05) is 31.1 Å². The average molecular weight is 370 g/mol. The van der Waals surface area contributed by atoms with Gasteiger partial charge in [-0.1, -0.05) is 18.2 Å². The Hall–Kier alpha value is -1.98. The van der Waals surface area contributed by atoms with Crippen LogP contribution in [0.15, 0.2) is 47.1 Å². The minimum Gasteiger partial charge on any atom is -0.465 e. The van der Waals surface area contributed by atoms with Gasteiger partial charge in [-0.15, -0.1) is 0 Å². The fourth-order valence-corrected chi connectivity index (χ4v) is 5.52. The van der Waals surface area contributed by atoms with Gasteiger partial charge in [-0.25, -0.2) is 8.78 Å². The van der Waals surface area contributed by atoms with Gasteiger partial charge in [0.15, 0.2) is 11.6 Å². The molecule has 5 heteroatoms. The van der Waals surface area contributed by atoms with Gasteiger partial charge >= 0.3 is 0 Å². The third-order valence-corrected chi connectivity index (χ3v) is 6.64. The lowest BCUT2D eigenvalue weighted by Gasteiger charge is -2.51. The zero-order valence-corrected chi connectivity index (χ0v) is 15.2. The molecule has 0 unspecified atom stereocenters. The van der Waals surface area contributed by atoms with Gasteiger partial charge in [0.25, 0.3) is 0 Å². The maximum absolute atomic E-state index is 14.6. The Morgan fingerprint density at radius 3 is 2.70 bits per heavy atom. The number of rotatable bonds is 4. The second-order valence-corrected chi connectivity index (χ2v) is 7.98. The minimum atomic E-state index is -0.740. The molecule has 5 heterocycles. The molecule has 2 bridgehead atoms. The number of hydrogen-bond donors (Lipinski definition) is 0. The van der Waals surface area contributed by atoms with Crippen LogP contribution in [0.25, 0.3) is 6.08 Å². The molecule has 1 aromatic heterocycles. The van der Waals surface area contributed by atoms with E-state index >= 15 is 0 Å². The fraction of sp³-hybridized carbons (Fsp3) is 0.455. The van der Waals surface area contributed by atoms with Gasteiger partial charge in [0.05, 0.1) is 6.26 Å². The molecule has 3 atom stereocenters. The Morgan fingerprint density at radius 2 is 1.93 bits per heavy atom. The van der Waals surface area contributed by atoms with E-state index in [1.54, 1.807) is 18.4 Å². The molecular weight excluding hydrogens is 346 g/mol. The first-order chi connectivity index (χ1) is 13.2. The highest BCUT2D eigenvalue weighted by molar-refractivity contribution is 5.42. The quantitative estimate of drug-likeness (QED) is 0.807. The van der Waals surface area contributed by atoms with E-state index < -0.39 is 11.6 Å². The number of benzene rings is 1. The monoisotopic (exact) mass is 370 g/mol. The number of likely N-dealkylation sites (tertiary alicyclic amines) is 1. The van der Waals surface area contributed by atoms with Crippen LogP contribution in [-0.2, 0) is 0 Å². The van der Waals surface area contributed by atoms with Crippen molar-refractivity contribution in [2.45, 2.75) is 30.8 Å². The summed E-state index contributed by atoms with van der Waals surface area (Å²) in [5.74, 6) is 0.102. The zero-order valence-electron chi connectivity index (χ0n) is 15.2. The molecule has 0 radical (unpaired) electrons. The van der Waals surface area contributed by atoms with Crippen LogP contribution in [0.4, 0.5) is 8.78 Å². The molecule has 0 spiro atoms. The van der Waals surface area contributed by atoms with Crippen LogP contribution in [0.2, 0.25) is 0 Å². The average Bonchev–Trinajstić information content (AvgIpc) is 3.34. The lowest BCUT2D eigenvalue weighted by atomic mass is 9.75. The van der Waals surface area contributed by atoms with Gasteiger partial charge in [0.1, 0.15) is 5.76 Å². The largest absolute Gasteiger partial charge is 0.465 e. The van der Waals surface area contributed by atoms with E-state index in [0.29, 0.717) is 17.5 Å². The van der Waals surface area contributed by atoms with Crippen molar-refractivity contribution in [1.82, 2.24) is 9.80 Å². The summed E-state index contributed by atoms with van der Waals surface area (Å²) in [5, 5.41) is 0. The molecule has 0 N–H and O–H groups in total. The van der Waals surface area contributed by atoms with Crippen molar-refractivity contribution in [3.05, 3.63) is 65.6 Å². The standard InChI is InChI=1S/C22H24F2N2O/c23-19-7-1-6-17(20(19)24)18-14-26(10-2-4-16-5-3-13-27-16)21-15-8-11-25(12-9-15)22(18)21/h1-7,13,15,18,21-22H,8-12,14H2/b4-2+/t18-,21+,22+/m0/s1. The normalized spacial score (nSPS) is 33.0. The van der Waals surface area contributed by atoms with Crippen molar-refractivity contribution < 1.29 is 13.2 Å². The van der Waals surface area contributed by atoms with Gasteiger partial charge in [0.2, 0.25) is 0 Å². The van der Waals surface area contributed by atoms with Gasteiger partial charge in [-0.05, 0) is 61.7 Å². The second-order valence-electron chi connectivity index (χ2n) is 7.98. The van der Waals surface area contributed by atoms with E-state index in [2.05, 4.69) is 15.9 Å². The Balaban J connectivity index is 1.44. The lowest BCUT2D eigenvalue weighted by molar-refractivity contribution is -0.00369. The topological polar surface area (TPSA) is 19.6 Å². The Kier molecular flexibility index (Phi) is 4.37. The van der Waals surface area contributed by atoms with E-state index in [0.717, 1.165) is 31.9 Å². The molecule has 0 aliphatic carbocycles. The third kappa shape index (κ3) is 2.93. The molecule has 0 saturated carbocycles. The first-order valence-corrected chi connectivity index (χ1v) is 9.84. The molecule has 4 saturated heterocycles. The van der Waals surface area contributed by atoms with Crippen LogP contribution in [-0.4, -0.2) is 48.1 Å². The summed E-state index contributed by atoms with van der Waals surface area (Å²) in [5.41, 5.74) is 0.537. The number of fused-ring (bicyclic) bond motifs is 2. The number of hydrogen-bond acceptors (Lipinski definition) is 3. The molecule has 4 fully saturated rings. The van der Waals surface area contributed by atoms with Crippen molar-refractivity contribution >= 4 is 6.08 Å². The second kappa shape index (κ2) is 6.88. The Labute approximate surface area is 158 Å². The zero-order chi connectivity index (χ0) is 18.4. The van der Waals surface area contributed by atoms with Crippen LogP contribution < -0.4 is 0 Å². The number of nitrogens with zero attached hydrogens (tertiary/aromatic N) is 2. The van der Waals surface area contributed by atoms with E-state index in [9.17, 15) is 8.78 Å². The predicted molar refractivity (Wildman–Crippen MR) is 100 cm³/mol. The van der Waals surface area contributed by atoms with Crippen molar-refractivity contribution in [3.63, 3.8) is 0 Å². The van der Waals surface area contributed by atoms with Gasteiger partial charge < -0.3 is 4.42 Å². The van der Waals surface area contributed by atoms with Crippen LogP contribution in [0.3, 0.4) is 0 Å². The van der Waals surface area contributed by atoms with Crippen molar-refractivity contribution in [2.24, 2.45) is 5.92 Å². The third-order valence-electron chi connectivity index (χ3n) is 6.64. The first kappa shape index (κ1) is 17.1. The summed E-state index contributed by atoms with van der Waals surface area (Å²) >= 11 is 0. The highest BCUT2D eigenvalue weighted by Crippen LogP contribution is 2.47. The maximum Gasteiger partial charge on any atom is 0.162 e. The Morgan fingerprint density at radius 1 is 1.07 bits per heavy atom. The molecule has 0 amide bonds. The molecule has 6 rings (SSSR count). The van der Waals surface area contributed by atoms with E-state index in [1.165, 1.54) is 18.9 Å². The number of halogens is 2. The van der Waals surface area contributed by atoms with Crippen molar-refractivity contribution in [1.29, 1.82) is 0 Å². The molecule has 1 aromatic carbocycles. The van der Waals surface area contributed by atoms with Gasteiger partial charge in [-0.3, -0.25) is 9.80 Å². The Bertz CT molecular complexity index is 827. The van der Waals surface area contributed by atoms with E-state index in [-0.39, 0.29) is 12.0 Å². The molecule has 27 heavy (non-hydrogen) atoms. The van der Waals surface area contributed by atoms with Crippen LogP contribution in [0, 0.1) is 17.6 Å². The highest BCUT2D eigenvalue weighted by Gasteiger charge is 2.53. The highest BCUT2D eigenvalue weighted by atomic mass is 19.2. The molecule has 4 aliphatic rings. The first-order valence-electron chi connectivity index (χ1n) is 9.84. The van der Waals surface area contributed by atoms with Crippen LogP contribution >= 0.6 is 0 Å². The smallest absolute Gasteiger partial charge is 0.162 e. The molecule has 2 aromatic rings. The van der Waals surface area contributed by atoms with E-state index in [1.807, 2.05) is 18.2 Å². The maximum atomic E-state index is 14.6. The fourth-order valence-electron chi connectivity index (χ4n) is 5.52. The number of piperidine rings is 3. The summed E-state index contributed by atoms with van der Waals surface area (Å²) < 4.78 is 33.8.